The summed E-state index contributed by atoms with van der Waals surface area (Å²) in [7, 11) is 0. The molecule has 1 aliphatic carbocycles. The number of benzene rings is 2. The predicted molar refractivity (Wildman–Crippen MR) is 159 cm³/mol. The summed E-state index contributed by atoms with van der Waals surface area (Å²) in [5, 5.41) is 6.05. The Morgan fingerprint density at radius 1 is 1.00 bits per heavy atom. The van der Waals surface area contributed by atoms with Crippen LogP contribution >= 0.6 is 0 Å². The van der Waals surface area contributed by atoms with E-state index in [9.17, 15) is 14.4 Å². The molecule has 0 aliphatic heterocycles. The highest BCUT2D eigenvalue weighted by atomic mass is 16.6. The molecular formula is C33H45N3O4. The number of amides is 3. The molecule has 1 aliphatic rings. The summed E-state index contributed by atoms with van der Waals surface area (Å²) in [6.07, 6.45) is 6.37. The monoisotopic (exact) mass is 547 g/mol. The van der Waals surface area contributed by atoms with Crippen LogP contribution in [0, 0.1) is 13.8 Å². The Morgan fingerprint density at radius 3 is 2.20 bits per heavy atom. The molecule has 7 nitrogen and oxygen atoms in total. The van der Waals surface area contributed by atoms with E-state index >= 15 is 0 Å². The molecular weight excluding hydrogens is 502 g/mol. The van der Waals surface area contributed by atoms with Crippen molar-refractivity contribution in [2.24, 2.45) is 0 Å². The molecule has 0 aromatic heterocycles. The van der Waals surface area contributed by atoms with Gasteiger partial charge in [0.2, 0.25) is 11.8 Å². The molecule has 1 fully saturated rings. The fraction of sp³-hybridized carbons (Fsp3) is 0.485. The van der Waals surface area contributed by atoms with Gasteiger partial charge in [0.15, 0.2) is 0 Å². The molecule has 2 aromatic carbocycles. The molecule has 0 bridgehead atoms. The van der Waals surface area contributed by atoms with Gasteiger partial charge in [0.05, 0.1) is 0 Å². The zero-order valence-corrected chi connectivity index (χ0v) is 24.7. The van der Waals surface area contributed by atoms with E-state index in [1.54, 1.807) is 31.7 Å². The fourth-order valence-corrected chi connectivity index (χ4v) is 5.38. The van der Waals surface area contributed by atoms with Crippen molar-refractivity contribution < 1.29 is 19.1 Å². The lowest BCUT2D eigenvalue weighted by Gasteiger charge is -2.36. The van der Waals surface area contributed by atoms with Gasteiger partial charge in [-0.2, -0.15) is 0 Å². The lowest BCUT2D eigenvalue weighted by Crippen LogP contribution is -2.54. The van der Waals surface area contributed by atoms with Crippen LogP contribution in [-0.4, -0.2) is 47.0 Å². The third kappa shape index (κ3) is 8.70. The van der Waals surface area contributed by atoms with Crippen molar-refractivity contribution in [1.82, 2.24) is 15.5 Å². The van der Waals surface area contributed by atoms with E-state index in [1.165, 1.54) is 6.42 Å². The van der Waals surface area contributed by atoms with E-state index in [4.69, 9.17) is 4.74 Å². The minimum atomic E-state index is -0.952. The molecule has 3 amide bonds. The number of nitrogens with zero attached hydrogens (tertiary/aromatic N) is 1. The molecule has 2 aromatic rings. The summed E-state index contributed by atoms with van der Waals surface area (Å²) in [5.41, 5.74) is 2.79. The Balaban J connectivity index is 2.03. The lowest BCUT2D eigenvalue weighted by molar-refractivity contribution is -0.142. The van der Waals surface area contributed by atoms with Crippen LogP contribution in [0.5, 0.6) is 0 Å². The Labute approximate surface area is 239 Å². The fourth-order valence-electron chi connectivity index (χ4n) is 5.38. The molecule has 2 unspecified atom stereocenters. The minimum Gasteiger partial charge on any atom is -0.444 e. The number of nitrogens with one attached hydrogen (secondary N) is 2. The summed E-state index contributed by atoms with van der Waals surface area (Å²) < 4.78 is 5.51. The first-order valence-electron chi connectivity index (χ1n) is 14.3. The van der Waals surface area contributed by atoms with Gasteiger partial charge >= 0.3 is 6.09 Å². The topological polar surface area (TPSA) is 87.7 Å². The van der Waals surface area contributed by atoms with Gasteiger partial charge in [-0.3, -0.25) is 9.59 Å². The zero-order valence-electron chi connectivity index (χ0n) is 24.7. The maximum absolute atomic E-state index is 14.4. The average Bonchev–Trinajstić information content (AvgIpc) is 2.89. The zero-order chi connectivity index (χ0) is 29.3. The van der Waals surface area contributed by atoms with Crippen molar-refractivity contribution in [2.75, 3.05) is 6.54 Å². The van der Waals surface area contributed by atoms with Gasteiger partial charge < -0.3 is 20.3 Å². The minimum absolute atomic E-state index is 0.0776. The van der Waals surface area contributed by atoms with Crippen molar-refractivity contribution in [3.63, 3.8) is 0 Å². The van der Waals surface area contributed by atoms with Crippen LogP contribution in [0.2, 0.25) is 0 Å². The molecule has 2 atom stereocenters. The number of hydrogen-bond acceptors (Lipinski definition) is 4. The van der Waals surface area contributed by atoms with Gasteiger partial charge in [-0.15, -0.1) is 6.58 Å². The Bertz CT molecular complexity index is 1150. The number of carbonyl (C=O) groups is 3. The number of hydrogen-bond donors (Lipinski definition) is 2. The van der Waals surface area contributed by atoms with Crippen molar-refractivity contribution in [3.05, 3.63) is 83.4 Å². The quantitative estimate of drug-likeness (QED) is 0.360. The standard InChI is InChI=1S/C33H45N3O4/c1-7-21-36(31(38)27(22-25-17-10-8-11-18-25)35-32(39)40-33(4,5)6)29(28-23(2)15-14-16-24(28)3)30(37)34-26-19-12-9-13-20-26/h7-8,10-11,14-18,26-27,29H,1,9,12-13,19-22H2,2-6H3,(H,34,37)(H,35,39). The highest BCUT2D eigenvalue weighted by molar-refractivity contribution is 5.93. The van der Waals surface area contributed by atoms with E-state index in [0.717, 1.165) is 47.9 Å². The van der Waals surface area contributed by atoms with Crippen LogP contribution in [0.3, 0.4) is 0 Å². The smallest absolute Gasteiger partial charge is 0.408 e. The number of rotatable bonds is 10. The van der Waals surface area contributed by atoms with Gasteiger partial charge in [-0.1, -0.05) is 73.9 Å². The summed E-state index contributed by atoms with van der Waals surface area (Å²) in [6, 6.07) is 13.6. The Morgan fingerprint density at radius 2 is 1.62 bits per heavy atom. The molecule has 7 heteroatoms. The number of carbonyl (C=O) groups excluding carboxylic acids is 3. The van der Waals surface area contributed by atoms with Crippen LogP contribution in [-0.2, 0) is 20.7 Å². The average molecular weight is 548 g/mol. The van der Waals surface area contributed by atoms with Gasteiger partial charge in [0.25, 0.3) is 0 Å². The highest BCUT2D eigenvalue weighted by Crippen LogP contribution is 2.30. The normalized spacial score (nSPS) is 15.4. The maximum atomic E-state index is 14.4. The van der Waals surface area contributed by atoms with Crippen LogP contribution in [0.15, 0.2) is 61.2 Å². The molecule has 1 saturated carbocycles. The van der Waals surface area contributed by atoms with Crippen molar-refractivity contribution in [1.29, 1.82) is 0 Å². The van der Waals surface area contributed by atoms with E-state index in [0.29, 0.717) is 0 Å². The van der Waals surface area contributed by atoms with Crippen LogP contribution in [0.4, 0.5) is 4.79 Å². The number of aryl methyl sites for hydroxylation is 2. The first-order chi connectivity index (χ1) is 19.0. The van der Waals surface area contributed by atoms with Crippen molar-refractivity contribution >= 4 is 17.9 Å². The maximum Gasteiger partial charge on any atom is 0.408 e. The molecule has 40 heavy (non-hydrogen) atoms. The van der Waals surface area contributed by atoms with Gasteiger partial charge in [-0.05, 0) is 69.7 Å². The summed E-state index contributed by atoms with van der Waals surface area (Å²) in [4.78, 5) is 42.9. The van der Waals surface area contributed by atoms with E-state index in [2.05, 4.69) is 17.2 Å². The lowest BCUT2D eigenvalue weighted by atomic mass is 9.91. The largest absolute Gasteiger partial charge is 0.444 e. The second-order valence-corrected chi connectivity index (χ2v) is 11.7. The summed E-state index contributed by atoms with van der Waals surface area (Å²) in [5.74, 6) is -0.587. The van der Waals surface area contributed by atoms with Gasteiger partial charge in [0.1, 0.15) is 17.7 Å². The third-order valence-corrected chi connectivity index (χ3v) is 7.21. The number of alkyl carbamates (subject to hydrolysis) is 1. The van der Waals surface area contributed by atoms with Crippen LogP contribution in [0.1, 0.15) is 81.2 Å². The van der Waals surface area contributed by atoms with Crippen LogP contribution in [0.25, 0.3) is 0 Å². The first kappa shape index (κ1) is 30.9. The second-order valence-electron chi connectivity index (χ2n) is 11.7. The molecule has 3 rings (SSSR count). The first-order valence-corrected chi connectivity index (χ1v) is 14.3. The second kappa shape index (κ2) is 14.1. The Hall–Kier alpha value is -3.61. The molecule has 0 spiro atoms. The van der Waals surface area contributed by atoms with Crippen LogP contribution < -0.4 is 10.6 Å². The molecule has 0 heterocycles. The molecule has 216 valence electrons. The van der Waals surface area contributed by atoms with Gasteiger partial charge in [0, 0.05) is 19.0 Å². The summed E-state index contributed by atoms with van der Waals surface area (Å²) in [6.45, 7) is 13.3. The number of ether oxygens (including phenoxy) is 1. The molecule has 2 N–H and O–H groups in total. The molecule has 0 radical (unpaired) electrons. The van der Waals surface area contributed by atoms with E-state index in [-0.39, 0.29) is 30.8 Å². The van der Waals surface area contributed by atoms with E-state index < -0.39 is 23.8 Å². The molecule has 0 saturated heterocycles. The van der Waals surface area contributed by atoms with Crippen molar-refractivity contribution in [3.8, 4) is 0 Å². The Kier molecular flexibility index (Phi) is 10.9. The van der Waals surface area contributed by atoms with E-state index in [1.807, 2.05) is 62.4 Å². The SMILES string of the molecule is C=CCN(C(=O)C(Cc1ccccc1)NC(=O)OC(C)(C)C)C(C(=O)NC1CCCCC1)c1c(C)cccc1C. The van der Waals surface area contributed by atoms with Gasteiger partial charge in [-0.25, -0.2) is 4.79 Å². The van der Waals surface area contributed by atoms with Crippen molar-refractivity contribution in [2.45, 2.75) is 96.9 Å². The predicted octanol–water partition coefficient (Wildman–Crippen LogP) is 5.94. The third-order valence-electron chi connectivity index (χ3n) is 7.21. The highest BCUT2D eigenvalue weighted by Gasteiger charge is 2.38. The summed E-state index contributed by atoms with van der Waals surface area (Å²) >= 11 is 0.